The summed E-state index contributed by atoms with van der Waals surface area (Å²) in [6.07, 6.45) is 1.93. The molecule has 1 amide bonds. The predicted molar refractivity (Wildman–Crippen MR) is 131 cm³/mol. The number of benzene rings is 2. The smallest absolute Gasteiger partial charge is 0.345 e. The summed E-state index contributed by atoms with van der Waals surface area (Å²) in [5.74, 6) is 0.680. The average molecular weight is 463 g/mol. The van der Waals surface area contributed by atoms with E-state index in [9.17, 15) is 14.7 Å². The standard InChI is InChI=1S/C26H30N4O4/c1-17-13-19(7-8-24(17)31)23-15-22(27-26(33)28-23)18-5-4-6-21(14-18)34-16-25(32)30(3)20-9-11-29(2)12-10-20/h4-8,13-15,20,31H,9-12,16H2,1-3H3,(H,27,28,33). The molecule has 8 heteroatoms. The minimum atomic E-state index is -0.473. The molecule has 0 bridgehead atoms. The number of amides is 1. The number of nitrogens with zero attached hydrogens (tertiary/aromatic N) is 3. The van der Waals surface area contributed by atoms with Gasteiger partial charge in [0.2, 0.25) is 0 Å². The van der Waals surface area contributed by atoms with Crippen LogP contribution in [0.4, 0.5) is 0 Å². The van der Waals surface area contributed by atoms with E-state index < -0.39 is 5.69 Å². The van der Waals surface area contributed by atoms with Crippen LogP contribution in [0.2, 0.25) is 0 Å². The first-order chi connectivity index (χ1) is 16.3. The molecule has 3 aromatic rings. The Balaban J connectivity index is 1.48. The van der Waals surface area contributed by atoms with Gasteiger partial charge >= 0.3 is 5.69 Å². The second-order valence-corrected chi connectivity index (χ2v) is 8.84. The van der Waals surface area contributed by atoms with Crippen molar-refractivity contribution in [1.82, 2.24) is 19.8 Å². The fourth-order valence-corrected chi connectivity index (χ4v) is 4.16. The third-order valence-corrected chi connectivity index (χ3v) is 6.37. The van der Waals surface area contributed by atoms with Gasteiger partial charge in [-0.1, -0.05) is 12.1 Å². The highest BCUT2D eigenvalue weighted by Gasteiger charge is 2.24. The Morgan fingerprint density at radius 2 is 1.94 bits per heavy atom. The van der Waals surface area contributed by atoms with Crippen molar-refractivity contribution in [3.63, 3.8) is 0 Å². The number of phenols is 1. The SMILES string of the molecule is Cc1cc(-c2cc(-c3cccc(OCC(=O)N(C)C4CCN(C)CC4)c3)[nH]c(=O)n2)ccc1O. The number of nitrogens with one attached hydrogen (secondary N) is 1. The van der Waals surface area contributed by atoms with Gasteiger partial charge in [0.25, 0.3) is 5.91 Å². The Hall–Kier alpha value is -3.65. The van der Waals surface area contributed by atoms with Crippen LogP contribution in [0.15, 0.2) is 53.3 Å². The molecule has 1 aromatic heterocycles. The summed E-state index contributed by atoms with van der Waals surface area (Å²) in [5, 5.41) is 9.79. The number of aromatic hydroxyl groups is 1. The number of aromatic amines is 1. The highest BCUT2D eigenvalue weighted by atomic mass is 16.5. The summed E-state index contributed by atoms with van der Waals surface area (Å²) in [6, 6.07) is 14.4. The van der Waals surface area contributed by atoms with Gasteiger partial charge in [-0.3, -0.25) is 4.79 Å². The maximum Gasteiger partial charge on any atom is 0.345 e. The molecule has 0 spiro atoms. The number of rotatable bonds is 6. The van der Waals surface area contributed by atoms with Crippen LogP contribution in [0.1, 0.15) is 18.4 Å². The lowest BCUT2D eigenvalue weighted by atomic mass is 10.0. The van der Waals surface area contributed by atoms with E-state index in [4.69, 9.17) is 4.74 Å². The minimum absolute atomic E-state index is 0.0445. The number of ether oxygens (including phenoxy) is 1. The third kappa shape index (κ3) is 5.46. The Labute approximate surface area is 198 Å². The highest BCUT2D eigenvalue weighted by molar-refractivity contribution is 5.78. The molecular formula is C26H30N4O4. The fraction of sp³-hybridized carbons (Fsp3) is 0.346. The zero-order valence-electron chi connectivity index (χ0n) is 19.7. The molecule has 8 nitrogen and oxygen atoms in total. The van der Waals surface area contributed by atoms with E-state index in [1.54, 1.807) is 48.2 Å². The molecule has 0 saturated carbocycles. The van der Waals surface area contributed by atoms with E-state index in [1.807, 2.05) is 19.2 Å². The molecule has 34 heavy (non-hydrogen) atoms. The molecule has 4 rings (SSSR count). The molecule has 2 N–H and O–H groups in total. The zero-order valence-corrected chi connectivity index (χ0v) is 19.7. The lowest BCUT2D eigenvalue weighted by Crippen LogP contribution is -2.45. The maximum atomic E-state index is 12.7. The van der Waals surface area contributed by atoms with Gasteiger partial charge in [0, 0.05) is 24.2 Å². The van der Waals surface area contributed by atoms with Crippen LogP contribution < -0.4 is 10.4 Å². The summed E-state index contributed by atoms with van der Waals surface area (Å²) >= 11 is 0. The van der Waals surface area contributed by atoms with E-state index in [1.165, 1.54) is 0 Å². The fourth-order valence-electron chi connectivity index (χ4n) is 4.16. The van der Waals surface area contributed by atoms with Gasteiger partial charge in [0.1, 0.15) is 11.5 Å². The molecule has 0 aliphatic carbocycles. The average Bonchev–Trinajstić information content (AvgIpc) is 2.84. The molecule has 2 aromatic carbocycles. The van der Waals surface area contributed by atoms with Crippen molar-refractivity contribution in [2.45, 2.75) is 25.8 Å². The van der Waals surface area contributed by atoms with Gasteiger partial charge in [-0.05, 0) is 81.9 Å². The van der Waals surface area contributed by atoms with Gasteiger partial charge in [-0.15, -0.1) is 0 Å². The molecule has 1 fully saturated rings. The number of likely N-dealkylation sites (tertiary alicyclic amines) is 1. The van der Waals surface area contributed by atoms with Crippen molar-refractivity contribution in [1.29, 1.82) is 0 Å². The summed E-state index contributed by atoms with van der Waals surface area (Å²) in [6.45, 7) is 3.72. The predicted octanol–water partition coefficient (Wildman–Crippen LogP) is 3.05. The van der Waals surface area contributed by atoms with Crippen LogP contribution in [0.25, 0.3) is 22.5 Å². The zero-order chi connectivity index (χ0) is 24.2. The van der Waals surface area contributed by atoms with Gasteiger partial charge in [0.15, 0.2) is 6.61 Å². The van der Waals surface area contributed by atoms with E-state index in [0.717, 1.165) is 37.1 Å². The summed E-state index contributed by atoms with van der Waals surface area (Å²) in [7, 11) is 3.94. The molecule has 2 heterocycles. The molecule has 1 aliphatic heterocycles. The molecular weight excluding hydrogens is 432 g/mol. The van der Waals surface area contributed by atoms with Crippen molar-refractivity contribution < 1.29 is 14.6 Å². The quantitative estimate of drug-likeness (QED) is 0.584. The Morgan fingerprint density at radius 1 is 1.18 bits per heavy atom. The van der Waals surface area contributed by atoms with E-state index in [0.29, 0.717) is 22.7 Å². The third-order valence-electron chi connectivity index (χ3n) is 6.37. The first kappa shape index (κ1) is 23.5. The van der Waals surface area contributed by atoms with Gasteiger partial charge in [-0.2, -0.15) is 4.98 Å². The van der Waals surface area contributed by atoms with Crippen LogP contribution in [0.5, 0.6) is 11.5 Å². The van der Waals surface area contributed by atoms with Crippen LogP contribution >= 0.6 is 0 Å². The van der Waals surface area contributed by atoms with Gasteiger partial charge in [0.05, 0.1) is 11.4 Å². The normalized spacial score (nSPS) is 14.7. The summed E-state index contributed by atoms with van der Waals surface area (Å²) in [4.78, 5) is 35.8. The number of aryl methyl sites for hydroxylation is 1. The first-order valence-corrected chi connectivity index (χ1v) is 11.4. The number of piperidine rings is 1. The van der Waals surface area contributed by atoms with Crippen molar-refractivity contribution in [3.8, 4) is 34.0 Å². The van der Waals surface area contributed by atoms with Gasteiger partial charge < -0.3 is 24.6 Å². The minimum Gasteiger partial charge on any atom is -0.508 e. The van der Waals surface area contributed by atoms with Crippen LogP contribution in [0, 0.1) is 6.92 Å². The monoisotopic (exact) mass is 462 g/mol. The number of likely N-dealkylation sites (N-methyl/N-ethyl adjacent to an activating group) is 1. The number of H-pyrrole nitrogens is 1. The molecule has 0 radical (unpaired) electrons. The van der Waals surface area contributed by atoms with Gasteiger partial charge in [-0.25, -0.2) is 4.79 Å². The number of phenolic OH excluding ortho intramolecular Hbond substituents is 1. The number of carbonyl (C=O) groups excluding carboxylic acids is 1. The van der Waals surface area contributed by atoms with E-state index in [2.05, 4.69) is 21.9 Å². The van der Waals surface area contributed by atoms with Crippen LogP contribution in [-0.4, -0.2) is 70.6 Å². The summed E-state index contributed by atoms with van der Waals surface area (Å²) < 4.78 is 5.80. The summed E-state index contributed by atoms with van der Waals surface area (Å²) in [5.41, 5.74) is 2.79. The number of hydrogen-bond acceptors (Lipinski definition) is 6. The van der Waals surface area contributed by atoms with Crippen molar-refractivity contribution in [2.75, 3.05) is 33.8 Å². The maximum absolute atomic E-state index is 12.7. The molecule has 1 aliphatic rings. The van der Waals surface area contributed by atoms with E-state index in [-0.39, 0.29) is 24.3 Å². The lowest BCUT2D eigenvalue weighted by molar-refractivity contribution is -0.135. The first-order valence-electron chi connectivity index (χ1n) is 11.4. The number of aromatic nitrogens is 2. The Morgan fingerprint density at radius 3 is 2.68 bits per heavy atom. The lowest BCUT2D eigenvalue weighted by Gasteiger charge is -2.35. The van der Waals surface area contributed by atoms with Crippen molar-refractivity contribution >= 4 is 5.91 Å². The van der Waals surface area contributed by atoms with Crippen molar-refractivity contribution in [2.24, 2.45) is 0 Å². The topological polar surface area (TPSA) is 98.8 Å². The second-order valence-electron chi connectivity index (χ2n) is 8.84. The van der Waals surface area contributed by atoms with Crippen LogP contribution in [0.3, 0.4) is 0 Å². The molecule has 178 valence electrons. The Bertz CT molecular complexity index is 1230. The second kappa shape index (κ2) is 10.1. The Kier molecular flexibility index (Phi) is 6.98. The molecule has 0 atom stereocenters. The van der Waals surface area contributed by atoms with E-state index >= 15 is 0 Å². The largest absolute Gasteiger partial charge is 0.508 e. The molecule has 1 saturated heterocycles. The number of carbonyl (C=O) groups is 1. The van der Waals surface area contributed by atoms with Crippen LogP contribution in [-0.2, 0) is 4.79 Å². The molecule has 0 unspecified atom stereocenters. The number of hydrogen-bond donors (Lipinski definition) is 2. The highest BCUT2D eigenvalue weighted by Crippen LogP contribution is 2.27. The van der Waals surface area contributed by atoms with Crippen molar-refractivity contribution in [3.05, 3.63) is 64.6 Å².